The van der Waals surface area contributed by atoms with Crippen LogP contribution in [0.4, 0.5) is 13.2 Å². The quantitative estimate of drug-likeness (QED) is 0.433. The van der Waals surface area contributed by atoms with Gasteiger partial charge in [0.25, 0.3) is 0 Å². The van der Waals surface area contributed by atoms with Gasteiger partial charge < -0.3 is 14.4 Å². The summed E-state index contributed by atoms with van der Waals surface area (Å²) in [5.74, 6) is -0.275. The van der Waals surface area contributed by atoms with E-state index in [0.29, 0.717) is 28.0 Å². The highest BCUT2D eigenvalue weighted by molar-refractivity contribution is 7.90. The van der Waals surface area contributed by atoms with Crippen molar-refractivity contribution in [3.8, 4) is 16.9 Å². The van der Waals surface area contributed by atoms with Gasteiger partial charge in [-0.05, 0) is 29.8 Å². The number of fused-ring (bicyclic) bond motifs is 3. The molecular weight excluding hydrogens is 469 g/mol. The fourth-order valence-electron chi connectivity index (χ4n) is 4.45. The number of rotatable bonds is 5. The van der Waals surface area contributed by atoms with E-state index < -0.39 is 34.4 Å². The lowest BCUT2D eigenvalue weighted by Gasteiger charge is -2.19. The molecule has 4 aromatic rings. The Morgan fingerprint density at radius 1 is 1.12 bits per heavy atom. The molecule has 0 spiro atoms. The SMILES string of the molecule is CS(=O)(=O)c1ccc(-c2cc3c(cc2F)nc2n3[C@H](c3ccccc3OC(F)F)C[C@@H]2O)cc1. The molecule has 0 saturated carbocycles. The average Bonchev–Trinajstić information content (AvgIpc) is 3.29. The highest BCUT2D eigenvalue weighted by Crippen LogP contribution is 2.44. The Morgan fingerprint density at radius 3 is 2.50 bits per heavy atom. The number of aromatic nitrogens is 2. The zero-order chi connectivity index (χ0) is 24.2. The fourth-order valence-corrected chi connectivity index (χ4v) is 5.08. The van der Waals surface area contributed by atoms with Crippen molar-refractivity contribution >= 4 is 20.9 Å². The maximum atomic E-state index is 15.0. The van der Waals surface area contributed by atoms with E-state index in [2.05, 4.69) is 9.72 Å². The number of benzene rings is 3. The molecule has 0 amide bonds. The third-order valence-electron chi connectivity index (χ3n) is 5.95. The van der Waals surface area contributed by atoms with E-state index in [1.54, 1.807) is 28.8 Å². The number of hydrogen-bond donors (Lipinski definition) is 1. The van der Waals surface area contributed by atoms with Gasteiger partial charge in [-0.1, -0.05) is 30.3 Å². The molecule has 176 valence electrons. The fraction of sp³-hybridized carbons (Fsp3) is 0.208. The van der Waals surface area contributed by atoms with Gasteiger partial charge in [0.15, 0.2) is 9.84 Å². The van der Waals surface area contributed by atoms with Gasteiger partial charge in [0, 0.05) is 29.9 Å². The first kappa shape index (κ1) is 22.4. The van der Waals surface area contributed by atoms with E-state index in [0.717, 1.165) is 6.26 Å². The van der Waals surface area contributed by atoms with Crippen LogP contribution in [0.3, 0.4) is 0 Å². The van der Waals surface area contributed by atoms with E-state index >= 15 is 0 Å². The van der Waals surface area contributed by atoms with Crippen LogP contribution in [0.2, 0.25) is 0 Å². The van der Waals surface area contributed by atoms with Crippen molar-refractivity contribution in [3.05, 3.63) is 77.9 Å². The lowest BCUT2D eigenvalue weighted by molar-refractivity contribution is -0.0507. The second-order valence-electron chi connectivity index (χ2n) is 8.14. The molecule has 2 heterocycles. The number of hydrogen-bond acceptors (Lipinski definition) is 5. The van der Waals surface area contributed by atoms with Crippen LogP contribution in [0.5, 0.6) is 5.75 Å². The minimum atomic E-state index is -3.40. The summed E-state index contributed by atoms with van der Waals surface area (Å²) >= 11 is 0. The highest BCUT2D eigenvalue weighted by Gasteiger charge is 2.36. The summed E-state index contributed by atoms with van der Waals surface area (Å²) in [6.45, 7) is -3.01. The Morgan fingerprint density at radius 2 is 1.82 bits per heavy atom. The Hall–Kier alpha value is -3.37. The van der Waals surface area contributed by atoms with Gasteiger partial charge in [0.05, 0.1) is 22.0 Å². The molecular formula is C24H19F3N2O4S. The third kappa shape index (κ3) is 3.82. The summed E-state index contributed by atoms with van der Waals surface area (Å²) in [7, 11) is -3.40. The summed E-state index contributed by atoms with van der Waals surface area (Å²) < 4.78 is 70.8. The smallest absolute Gasteiger partial charge is 0.387 e. The number of aliphatic hydroxyl groups is 1. The topological polar surface area (TPSA) is 81.4 Å². The number of halogens is 3. The number of alkyl halides is 2. The van der Waals surface area contributed by atoms with Crippen molar-refractivity contribution in [1.82, 2.24) is 9.55 Å². The number of aliphatic hydroxyl groups excluding tert-OH is 1. The van der Waals surface area contributed by atoms with Gasteiger partial charge in [-0.3, -0.25) is 0 Å². The molecule has 10 heteroatoms. The van der Waals surface area contributed by atoms with Gasteiger partial charge in [-0.2, -0.15) is 8.78 Å². The van der Waals surface area contributed by atoms with Gasteiger partial charge in [-0.15, -0.1) is 0 Å². The van der Waals surface area contributed by atoms with Crippen LogP contribution in [0.1, 0.15) is 30.0 Å². The lowest BCUT2D eigenvalue weighted by Crippen LogP contribution is -2.10. The predicted molar refractivity (Wildman–Crippen MR) is 119 cm³/mol. The molecule has 5 rings (SSSR count). The molecule has 1 aliphatic heterocycles. The summed E-state index contributed by atoms with van der Waals surface area (Å²) in [6, 6.07) is 14.4. The molecule has 2 atom stereocenters. The van der Waals surface area contributed by atoms with Crippen LogP contribution in [0, 0.1) is 5.82 Å². The second kappa shape index (κ2) is 8.14. The zero-order valence-electron chi connectivity index (χ0n) is 17.8. The Balaban J connectivity index is 1.65. The van der Waals surface area contributed by atoms with Crippen LogP contribution >= 0.6 is 0 Å². The van der Waals surface area contributed by atoms with Crippen molar-refractivity contribution in [3.63, 3.8) is 0 Å². The first-order chi connectivity index (χ1) is 16.1. The predicted octanol–water partition coefficient (Wildman–Crippen LogP) is 4.87. The molecule has 3 aromatic carbocycles. The van der Waals surface area contributed by atoms with E-state index in [1.165, 1.54) is 36.4 Å². The summed E-state index contributed by atoms with van der Waals surface area (Å²) in [4.78, 5) is 4.50. The van der Waals surface area contributed by atoms with Crippen LogP contribution in [-0.4, -0.2) is 35.9 Å². The van der Waals surface area contributed by atoms with Crippen molar-refractivity contribution in [2.24, 2.45) is 0 Å². The minimum Gasteiger partial charge on any atom is -0.434 e. The van der Waals surface area contributed by atoms with Crippen molar-refractivity contribution in [2.75, 3.05) is 6.26 Å². The maximum absolute atomic E-state index is 15.0. The van der Waals surface area contributed by atoms with Crippen LogP contribution in [0.15, 0.2) is 65.6 Å². The molecule has 1 N–H and O–H groups in total. The van der Waals surface area contributed by atoms with E-state index in [9.17, 15) is 26.7 Å². The van der Waals surface area contributed by atoms with Crippen molar-refractivity contribution < 1.29 is 31.4 Å². The van der Waals surface area contributed by atoms with E-state index in [1.807, 2.05) is 0 Å². The molecule has 0 radical (unpaired) electrons. The van der Waals surface area contributed by atoms with Crippen molar-refractivity contribution in [1.29, 1.82) is 0 Å². The molecule has 0 saturated heterocycles. The van der Waals surface area contributed by atoms with Crippen LogP contribution in [0.25, 0.3) is 22.2 Å². The van der Waals surface area contributed by atoms with Crippen LogP contribution in [-0.2, 0) is 9.84 Å². The highest BCUT2D eigenvalue weighted by atomic mass is 32.2. The minimum absolute atomic E-state index is 0.0110. The van der Waals surface area contributed by atoms with Gasteiger partial charge >= 0.3 is 6.61 Å². The van der Waals surface area contributed by atoms with E-state index in [4.69, 9.17) is 0 Å². The third-order valence-corrected chi connectivity index (χ3v) is 7.08. The normalized spacial score (nSPS) is 17.9. The Kier molecular flexibility index (Phi) is 5.37. The first-order valence-corrected chi connectivity index (χ1v) is 12.3. The molecule has 1 aliphatic rings. The number of sulfone groups is 1. The molecule has 34 heavy (non-hydrogen) atoms. The Labute approximate surface area is 193 Å². The second-order valence-corrected chi connectivity index (χ2v) is 10.2. The largest absolute Gasteiger partial charge is 0.434 e. The molecule has 0 unspecified atom stereocenters. The van der Waals surface area contributed by atoms with Crippen molar-refractivity contribution in [2.45, 2.75) is 30.1 Å². The molecule has 0 bridgehead atoms. The number of ether oxygens (including phenoxy) is 1. The monoisotopic (exact) mass is 488 g/mol. The summed E-state index contributed by atoms with van der Waals surface area (Å²) in [5.41, 5.74) is 1.93. The number of para-hydroxylation sites is 1. The molecule has 1 aromatic heterocycles. The molecule has 6 nitrogen and oxygen atoms in total. The maximum Gasteiger partial charge on any atom is 0.387 e. The summed E-state index contributed by atoms with van der Waals surface area (Å²) in [5, 5.41) is 10.6. The molecule has 0 fully saturated rings. The molecule has 0 aliphatic carbocycles. The zero-order valence-corrected chi connectivity index (χ0v) is 18.6. The van der Waals surface area contributed by atoms with E-state index in [-0.39, 0.29) is 22.6 Å². The average molecular weight is 488 g/mol. The first-order valence-electron chi connectivity index (χ1n) is 10.4. The number of imidazole rings is 1. The lowest BCUT2D eigenvalue weighted by atomic mass is 10.0. The summed E-state index contributed by atoms with van der Waals surface area (Å²) in [6.07, 6.45) is 0.306. The number of nitrogens with zero attached hydrogens (tertiary/aromatic N) is 2. The Bertz CT molecular complexity index is 1500. The van der Waals surface area contributed by atoms with Crippen LogP contribution < -0.4 is 4.74 Å². The standard InChI is InChI=1S/C24H19F3N2O4S/c1-34(31,32)14-8-6-13(7-9-14)16-10-20-18(11-17(16)25)28-23-21(30)12-19(29(20)23)15-4-2-3-5-22(15)33-24(26)27/h2-11,19,21,24,30H,12H2,1H3/t19-,21-/m0/s1. The van der Waals surface area contributed by atoms with Gasteiger partial charge in [0.1, 0.15) is 23.5 Å². The van der Waals surface area contributed by atoms with Gasteiger partial charge in [-0.25, -0.2) is 17.8 Å². The van der Waals surface area contributed by atoms with Gasteiger partial charge in [0.2, 0.25) is 0 Å².